The highest BCUT2D eigenvalue weighted by molar-refractivity contribution is 5.77. The van der Waals surface area contributed by atoms with E-state index < -0.39 is 12.1 Å². The molecule has 3 aromatic carbocycles. The first-order valence-electron chi connectivity index (χ1n) is 12.2. The normalized spacial score (nSPS) is 10.7. The SMILES string of the molecule is CC.CC.CC(=O)NCCOC(=O)C(Oc1ccccc1-n1nc2ccccc2n1)c1ccccc1. The van der Waals surface area contributed by atoms with E-state index in [-0.39, 0.29) is 19.1 Å². The van der Waals surface area contributed by atoms with E-state index in [2.05, 4.69) is 15.5 Å². The predicted molar refractivity (Wildman–Crippen MR) is 141 cm³/mol. The van der Waals surface area contributed by atoms with Crippen molar-refractivity contribution in [2.24, 2.45) is 0 Å². The first-order chi connectivity index (χ1) is 17.6. The van der Waals surface area contributed by atoms with Crippen molar-refractivity contribution in [1.29, 1.82) is 0 Å². The lowest BCUT2D eigenvalue weighted by Crippen LogP contribution is -2.28. The fourth-order valence-electron chi connectivity index (χ4n) is 3.15. The molecule has 4 aromatic rings. The van der Waals surface area contributed by atoms with Crippen molar-refractivity contribution in [3.8, 4) is 11.4 Å². The highest BCUT2D eigenvalue weighted by Crippen LogP contribution is 2.29. The quantitative estimate of drug-likeness (QED) is 0.267. The van der Waals surface area contributed by atoms with Crippen molar-refractivity contribution in [2.45, 2.75) is 40.7 Å². The molecule has 1 unspecified atom stereocenters. The zero-order valence-corrected chi connectivity index (χ0v) is 21.5. The van der Waals surface area contributed by atoms with Crippen molar-refractivity contribution in [3.05, 3.63) is 84.4 Å². The minimum Gasteiger partial charge on any atom is -0.472 e. The lowest BCUT2D eigenvalue weighted by Gasteiger charge is -2.20. The summed E-state index contributed by atoms with van der Waals surface area (Å²) in [6.45, 7) is 9.67. The van der Waals surface area contributed by atoms with Crippen LogP contribution in [0.2, 0.25) is 0 Å². The van der Waals surface area contributed by atoms with Crippen LogP contribution in [0.1, 0.15) is 46.3 Å². The topological polar surface area (TPSA) is 95.3 Å². The highest BCUT2D eigenvalue weighted by atomic mass is 16.6. The maximum atomic E-state index is 12.9. The van der Waals surface area contributed by atoms with Gasteiger partial charge in [0.15, 0.2) is 0 Å². The fraction of sp³-hybridized carbons (Fsp3) is 0.286. The molecule has 4 rings (SSSR count). The van der Waals surface area contributed by atoms with Gasteiger partial charge in [-0.1, -0.05) is 82.3 Å². The second kappa shape index (κ2) is 14.9. The molecule has 8 nitrogen and oxygen atoms in total. The third kappa shape index (κ3) is 7.66. The number of carbonyl (C=O) groups is 2. The Balaban J connectivity index is 0.00000109. The summed E-state index contributed by atoms with van der Waals surface area (Å²) in [7, 11) is 0. The van der Waals surface area contributed by atoms with E-state index in [0.717, 1.165) is 11.0 Å². The summed E-state index contributed by atoms with van der Waals surface area (Å²) in [5.41, 5.74) is 2.74. The van der Waals surface area contributed by atoms with E-state index >= 15 is 0 Å². The monoisotopic (exact) mass is 490 g/mol. The molecule has 0 saturated heterocycles. The molecule has 0 fully saturated rings. The molecular weight excluding hydrogens is 456 g/mol. The molecule has 0 saturated carbocycles. The van der Waals surface area contributed by atoms with Gasteiger partial charge in [-0.05, 0) is 24.3 Å². The molecule has 1 atom stereocenters. The summed E-state index contributed by atoms with van der Waals surface area (Å²) < 4.78 is 11.5. The Bertz CT molecular complexity index is 1190. The van der Waals surface area contributed by atoms with Gasteiger partial charge in [-0.15, -0.1) is 15.0 Å². The number of aromatic nitrogens is 3. The molecular formula is C28H34N4O4. The standard InChI is InChI=1S/C24H22N4O4.2C2H6/c1-17(29)25-15-16-31-24(30)23(18-9-3-2-4-10-18)32-22-14-8-7-13-21(22)28-26-19-11-5-6-12-20(19)27-28;2*1-2/h2-14,23H,15-16H2,1H3,(H,25,29);2*1-2H3. The van der Waals surface area contributed by atoms with Gasteiger partial charge in [0.1, 0.15) is 29.1 Å². The van der Waals surface area contributed by atoms with Crippen LogP contribution in [0.4, 0.5) is 0 Å². The summed E-state index contributed by atoms with van der Waals surface area (Å²) in [4.78, 5) is 25.4. The number of ether oxygens (including phenoxy) is 2. The van der Waals surface area contributed by atoms with Gasteiger partial charge in [0.25, 0.3) is 0 Å². The molecule has 0 aliphatic carbocycles. The number of nitrogens with one attached hydrogen (secondary N) is 1. The molecule has 1 heterocycles. The van der Waals surface area contributed by atoms with Crippen LogP contribution in [0.25, 0.3) is 16.7 Å². The van der Waals surface area contributed by atoms with Gasteiger partial charge in [-0.2, -0.15) is 0 Å². The number of para-hydroxylation sites is 2. The van der Waals surface area contributed by atoms with E-state index in [1.807, 2.05) is 88.4 Å². The Morgan fingerprint density at radius 1 is 0.833 bits per heavy atom. The van der Waals surface area contributed by atoms with E-state index in [1.54, 1.807) is 18.2 Å². The number of hydrogen-bond acceptors (Lipinski definition) is 6. The minimum absolute atomic E-state index is 0.0405. The third-order valence-electron chi connectivity index (χ3n) is 4.65. The largest absolute Gasteiger partial charge is 0.472 e. The Kier molecular flexibility index (Phi) is 11.6. The van der Waals surface area contributed by atoms with Crippen LogP contribution < -0.4 is 10.1 Å². The maximum Gasteiger partial charge on any atom is 0.352 e. The van der Waals surface area contributed by atoms with Crippen molar-refractivity contribution >= 4 is 22.9 Å². The molecule has 0 bridgehead atoms. The second-order valence-electron chi connectivity index (χ2n) is 7.00. The number of fused-ring (bicyclic) bond motifs is 1. The Hall–Kier alpha value is -4.20. The Labute approximate surface area is 212 Å². The number of amides is 1. The summed E-state index contributed by atoms with van der Waals surface area (Å²) in [5, 5.41) is 11.6. The molecule has 1 aromatic heterocycles. The van der Waals surface area contributed by atoms with Crippen LogP contribution in [0, 0.1) is 0 Å². The van der Waals surface area contributed by atoms with Gasteiger partial charge in [0.2, 0.25) is 12.0 Å². The first kappa shape index (κ1) is 28.0. The molecule has 0 spiro atoms. The summed E-state index contributed by atoms with van der Waals surface area (Å²) in [6.07, 6.45) is -1.00. The molecule has 0 aliphatic heterocycles. The third-order valence-corrected chi connectivity index (χ3v) is 4.65. The molecule has 0 aliphatic rings. The van der Waals surface area contributed by atoms with Crippen LogP contribution in [-0.4, -0.2) is 40.0 Å². The zero-order chi connectivity index (χ0) is 26.3. The molecule has 190 valence electrons. The molecule has 1 amide bonds. The average molecular weight is 491 g/mol. The van der Waals surface area contributed by atoms with E-state index in [1.165, 1.54) is 11.7 Å². The van der Waals surface area contributed by atoms with Crippen molar-refractivity contribution in [1.82, 2.24) is 20.3 Å². The Morgan fingerprint density at radius 2 is 1.39 bits per heavy atom. The van der Waals surface area contributed by atoms with Crippen molar-refractivity contribution in [3.63, 3.8) is 0 Å². The fourth-order valence-corrected chi connectivity index (χ4v) is 3.15. The maximum absolute atomic E-state index is 12.9. The first-order valence-corrected chi connectivity index (χ1v) is 12.2. The van der Waals surface area contributed by atoms with Crippen LogP contribution in [-0.2, 0) is 14.3 Å². The molecule has 1 N–H and O–H groups in total. The second-order valence-corrected chi connectivity index (χ2v) is 7.00. The Morgan fingerprint density at radius 3 is 2.00 bits per heavy atom. The van der Waals surface area contributed by atoms with E-state index in [9.17, 15) is 9.59 Å². The van der Waals surface area contributed by atoms with Gasteiger partial charge in [-0.3, -0.25) is 4.79 Å². The number of nitrogens with zero attached hydrogens (tertiary/aromatic N) is 3. The lowest BCUT2D eigenvalue weighted by molar-refractivity contribution is -0.152. The number of hydrogen-bond donors (Lipinski definition) is 1. The van der Waals surface area contributed by atoms with Crippen LogP contribution in [0.5, 0.6) is 5.75 Å². The summed E-state index contributed by atoms with van der Waals surface area (Å²) in [5.74, 6) is -0.319. The predicted octanol–water partition coefficient (Wildman–Crippen LogP) is 5.27. The number of esters is 1. The van der Waals surface area contributed by atoms with Crippen LogP contribution in [0.15, 0.2) is 78.9 Å². The minimum atomic E-state index is -1.00. The summed E-state index contributed by atoms with van der Waals surface area (Å²) >= 11 is 0. The number of benzene rings is 3. The molecule has 0 radical (unpaired) electrons. The van der Waals surface area contributed by atoms with E-state index in [4.69, 9.17) is 9.47 Å². The van der Waals surface area contributed by atoms with Crippen molar-refractivity contribution in [2.75, 3.05) is 13.2 Å². The van der Waals surface area contributed by atoms with Gasteiger partial charge < -0.3 is 14.8 Å². The smallest absolute Gasteiger partial charge is 0.352 e. The number of carbonyl (C=O) groups excluding carboxylic acids is 2. The summed E-state index contributed by atoms with van der Waals surface area (Å²) in [6, 6.07) is 23.9. The van der Waals surface area contributed by atoms with Gasteiger partial charge in [0.05, 0.1) is 6.54 Å². The zero-order valence-electron chi connectivity index (χ0n) is 21.5. The number of rotatable bonds is 8. The molecule has 8 heteroatoms. The molecule has 36 heavy (non-hydrogen) atoms. The van der Waals surface area contributed by atoms with Crippen LogP contribution in [0.3, 0.4) is 0 Å². The average Bonchev–Trinajstić information content (AvgIpc) is 3.37. The van der Waals surface area contributed by atoms with Crippen LogP contribution >= 0.6 is 0 Å². The van der Waals surface area contributed by atoms with Gasteiger partial charge >= 0.3 is 5.97 Å². The van der Waals surface area contributed by atoms with Gasteiger partial charge in [-0.25, -0.2) is 4.79 Å². The highest BCUT2D eigenvalue weighted by Gasteiger charge is 2.26. The van der Waals surface area contributed by atoms with Crippen molar-refractivity contribution < 1.29 is 19.1 Å². The van der Waals surface area contributed by atoms with Gasteiger partial charge in [0, 0.05) is 12.5 Å². The lowest BCUT2D eigenvalue weighted by atomic mass is 10.1. The van der Waals surface area contributed by atoms with E-state index in [0.29, 0.717) is 17.0 Å².